The minimum absolute atomic E-state index is 0.431. The summed E-state index contributed by atoms with van der Waals surface area (Å²) in [5.74, 6) is 2.29. The molecule has 0 aliphatic carbocycles. The molecule has 0 saturated heterocycles. The average molecular weight is 536 g/mol. The Morgan fingerprint density at radius 2 is 1.69 bits per heavy atom. The molecule has 0 spiro atoms. The van der Waals surface area contributed by atoms with Crippen molar-refractivity contribution in [2.75, 3.05) is 26.9 Å². The maximum Gasteiger partial charge on any atom is 0.293 e. The van der Waals surface area contributed by atoms with E-state index in [1.165, 1.54) is 5.56 Å². The maximum absolute atomic E-state index is 9.18. The monoisotopic (exact) mass is 535 g/mol. The highest BCUT2D eigenvalue weighted by Gasteiger charge is 2.08. The number of carbonyl (C=O) groups is 1. The lowest BCUT2D eigenvalue weighted by molar-refractivity contribution is -0.128. The molecule has 39 heavy (non-hydrogen) atoms. The number of carbonyl (C=O) groups excluding carboxylic acids is 1. The Labute approximate surface area is 234 Å². The summed E-state index contributed by atoms with van der Waals surface area (Å²) in [5, 5.41) is 0. The van der Waals surface area contributed by atoms with Crippen LogP contribution in [0.4, 0.5) is 0 Å². The highest BCUT2D eigenvalue weighted by molar-refractivity contribution is 5.97. The average Bonchev–Trinajstić information content (AvgIpc) is 2.96. The molecular formula is C32H45N3O4. The Kier molecular flexibility index (Phi) is 17.0. The van der Waals surface area contributed by atoms with E-state index in [4.69, 9.17) is 20.9 Å². The van der Waals surface area contributed by atoms with Crippen LogP contribution in [0.25, 0.3) is 11.1 Å². The van der Waals surface area contributed by atoms with E-state index in [9.17, 15) is 4.79 Å². The number of hydrogen-bond donors (Lipinski definition) is 2. The van der Waals surface area contributed by atoms with Crippen molar-refractivity contribution in [3.8, 4) is 16.9 Å². The minimum Gasteiger partial charge on any atom is -0.490 e. The van der Waals surface area contributed by atoms with Gasteiger partial charge >= 0.3 is 0 Å². The lowest BCUT2D eigenvalue weighted by Crippen LogP contribution is -2.12. The lowest BCUT2D eigenvalue weighted by atomic mass is 9.99. The lowest BCUT2D eigenvalue weighted by Gasteiger charge is -2.15. The quantitative estimate of drug-likeness (QED) is 0.0690. The predicted octanol–water partition coefficient (Wildman–Crippen LogP) is 6.32. The molecular weight excluding hydrogens is 490 g/mol. The molecule has 7 heteroatoms. The Hall–Kier alpha value is -4.00. The second-order valence-electron chi connectivity index (χ2n) is 8.51. The van der Waals surface area contributed by atoms with Gasteiger partial charge in [-0.05, 0) is 79.4 Å². The number of allylic oxidation sites excluding steroid dienone is 4. The second kappa shape index (κ2) is 20.0. The fourth-order valence-corrected chi connectivity index (χ4v) is 3.77. The van der Waals surface area contributed by atoms with Crippen molar-refractivity contribution in [3.63, 3.8) is 0 Å². The zero-order valence-corrected chi connectivity index (χ0v) is 24.1. The van der Waals surface area contributed by atoms with Crippen molar-refractivity contribution in [3.05, 3.63) is 89.4 Å². The predicted molar refractivity (Wildman–Crippen MR) is 162 cm³/mol. The molecule has 212 valence electrons. The van der Waals surface area contributed by atoms with Crippen molar-refractivity contribution >= 4 is 12.3 Å². The molecule has 0 bridgehead atoms. The van der Waals surface area contributed by atoms with Crippen LogP contribution >= 0.6 is 0 Å². The third kappa shape index (κ3) is 11.9. The van der Waals surface area contributed by atoms with E-state index in [2.05, 4.69) is 53.9 Å². The highest BCUT2D eigenvalue weighted by atomic mass is 16.5. The first-order valence-corrected chi connectivity index (χ1v) is 13.5. The van der Waals surface area contributed by atoms with Crippen molar-refractivity contribution < 1.29 is 19.0 Å². The Morgan fingerprint density at radius 3 is 2.23 bits per heavy atom. The molecule has 0 radical (unpaired) electrons. The van der Waals surface area contributed by atoms with Crippen molar-refractivity contribution in [1.82, 2.24) is 0 Å². The molecule has 2 aromatic rings. The molecule has 0 unspecified atom stereocenters. The summed E-state index contributed by atoms with van der Waals surface area (Å²) < 4.78 is 16.3. The third-order valence-corrected chi connectivity index (χ3v) is 5.62. The van der Waals surface area contributed by atoms with E-state index in [0.29, 0.717) is 32.1 Å². The fraction of sp³-hybridized carbons (Fsp3) is 0.375. The second-order valence-corrected chi connectivity index (χ2v) is 8.51. The zero-order chi connectivity index (χ0) is 28.9. The van der Waals surface area contributed by atoms with Gasteiger partial charge in [0.2, 0.25) is 0 Å². The molecule has 0 fully saturated rings. The van der Waals surface area contributed by atoms with E-state index in [0.717, 1.165) is 59.5 Å². The third-order valence-electron chi connectivity index (χ3n) is 5.62. The minimum atomic E-state index is 0.431. The van der Waals surface area contributed by atoms with E-state index in [1.807, 2.05) is 37.3 Å². The summed E-state index contributed by atoms with van der Waals surface area (Å²) in [5.41, 5.74) is 17.0. The first kappa shape index (κ1) is 33.0. The van der Waals surface area contributed by atoms with Gasteiger partial charge in [0.15, 0.2) is 0 Å². The number of benzene rings is 2. The number of aryl methyl sites for hydroxylation is 1. The molecule has 0 heterocycles. The van der Waals surface area contributed by atoms with Crippen LogP contribution < -0.4 is 16.2 Å². The first-order valence-electron chi connectivity index (χ1n) is 13.5. The molecule has 4 N–H and O–H groups in total. The summed E-state index contributed by atoms with van der Waals surface area (Å²) in [7, 11) is 1.70. The van der Waals surface area contributed by atoms with E-state index >= 15 is 0 Å². The van der Waals surface area contributed by atoms with Crippen LogP contribution in [-0.2, 0) is 20.7 Å². The van der Waals surface area contributed by atoms with Crippen molar-refractivity contribution in [2.45, 2.75) is 53.4 Å². The van der Waals surface area contributed by atoms with Crippen molar-refractivity contribution in [2.24, 2.45) is 16.5 Å². The Bertz CT molecular complexity index is 1100. The number of ether oxygens (including phenoxy) is 3. The van der Waals surface area contributed by atoms with Gasteiger partial charge in [-0.2, -0.15) is 0 Å². The Balaban J connectivity index is 0.00000139. The standard InChI is InChI=1S/C29H39N3O2.C3H6O2/c1-5-8-23(17-18-30)27(10-7-3)33-19-20-34-28-16-15-25(21-26(28)9-6-2)22-11-13-24(14-12-22)29(31)32-4;1-2-5-3-4/h7,10-18,21H,5-6,8-9,19-20,30H2,1-4H3,(H2,31,32);3H,2H2,1H3/b10-7-,18-17+,27-23+;. The SMILES string of the molecule is CCOC=O.C\C=C/C(OCCOc1ccc(-c2ccc(C(N)=NC)cc2)cc1CCC)=C(\C=C\N)CCC. The van der Waals surface area contributed by atoms with Gasteiger partial charge < -0.3 is 25.7 Å². The molecule has 0 saturated carbocycles. The Morgan fingerprint density at radius 1 is 0.974 bits per heavy atom. The van der Waals surface area contributed by atoms with E-state index < -0.39 is 0 Å². The molecule has 7 nitrogen and oxygen atoms in total. The van der Waals surface area contributed by atoms with Gasteiger partial charge in [0, 0.05) is 12.6 Å². The molecule has 0 aliphatic rings. The van der Waals surface area contributed by atoms with Crippen LogP contribution in [0.15, 0.2) is 83.2 Å². The highest BCUT2D eigenvalue weighted by Crippen LogP contribution is 2.28. The topological polar surface area (TPSA) is 109 Å². The summed E-state index contributed by atoms with van der Waals surface area (Å²) in [6.07, 6.45) is 11.4. The van der Waals surface area contributed by atoms with Gasteiger partial charge in [-0.3, -0.25) is 9.79 Å². The number of rotatable bonds is 15. The van der Waals surface area contributed by atoms with Crippen LogP contribution in [0, 0.1) is 0 Å². The molecule has 2 aromatic carbocycles. The van der Waals surface area contributed by atoms with Gasteiger partial charge in [-0.25, -0.2) is 0 Å². The maximum atomic E-state index is 9.18. The summed E-state index contributed by atoms with van der Waals surface area (Å²) >= 11 is 0. The van der Waals surface area contributed by atoms with Crippen molar-refractivity contribution in [1.29, 1.82) is 0 Å². The zero-order valence-electron chi connectivity index (χ0n) is 24.1. The van der Waals surface area contributed by atoms with Crippen LogP contribution in [0.3, 0.4) is 0 Å². The summed E-state index contributed by atoms with van der Waals surface area (Å²) in [4.78, 5) is 13.2. The number of hydrogen-bond acceptors (Lipinski definition) is 6. The smallest absolute Gasteiger partial charge is 0.293 e. The van der Waals surface area contributed by atoms with E-state index in [1.54, 1.807) is 20.2 Å². The van der Waals surface area contributed by atoms with Crippen LogP contribution in [0.1, 0.15) is 58.1 Å². The molecule has 0 aliphatic heterocycles. The molecule has 0 aromatic heterocycles. The normalized spacial score (nSPS) is 12.1. The van der Waals surface area contributed by atoms with E-state index in [-0.39, 0.29) is 0 Å². The molecule has 0 amide bonds. The van der Waals surface area contributed by atoms with Gasteiger partial charge in [-0.15, -0.1) is 0 Å². The number of amidine groups is 1. The van der Waals surface area contributed by atoms with Crippen LogP contribution in [-0.4, -0.2) is 39.2 Å². The number of aliphatic imine (C=N–C) groups is 1. The van der Waals surface area contributed by atoms with Gasteiger partial charge in [-0.1, -0.05) is 63.1 Å². The first-order chi connectivity index (χ1) is 19.0. The van der Waals surface area contributed by atoms with Gasteiger partial charge in [0.05, 0.1) is 6.61 Å². The summed E-state index contributed by atoms with van der Waals surface area (Å²) in [6.45, 7) is 9.89. The van der Waals surface area contributed by atoms with Crippen LogP contribution in [0.5, 0.6) is 5.75 Å². The van der Waals surface area contributed by atoms with Gasteiger partial charge in [0.1, 0.15) is 30.6 Å². The van der Waals surface area contributed by atoms with Crippen LogP contribution in [0.2, 0.25) is 0 Å². The molecule has 0 atom stereocenters. The van der Waals surface area contributed by atoms with Gasteiger partial charge in [0.25, 0.3) is 6.47 Å². The fourth-order valence-electron chi connectivity index (χ4n) is 3.77. The molecule has 2 rings (SSSR count). The summed E-state index contributed by atoms with van der Waals surface area (Å²) in [6, 6.07) is 14.5. The number of nitrogens with zero attached hydrogens (tertiary/aromatic N) is 1. The largest absolute Gasteiger partial charge is 0.490 e. The number of nitrogens with two attached hydrogens (primary N) is 2.